The van der Waals surface area contributed by atoms with Gasteiger partial charge in [-0.25, -0.2) is 4.39 Å². The van der Waals surface area contributed by atoms with Crippen LogP contribution in [0.3, 0.4) is 0 Å². The lowest BCUT2D eigenvalue weighted by Crippen LogP contribution is -2.24. The van der Waals surface area contributed by atoms with E-state index in [9.17, 15) is 4.39 Å². The Morgan fingerprint density at radius 3 is 2.79 bits per heavy atom. The Morgan fingerprint density at radius 1 is 1.26 bits per heavy atom. The molecule has 1 nitrogen and oxygen atoms in total. The third kappa shape index (κ3) is 4.15. The van der Waals surface area contributed by atoms with Gasteiger partial charge < -0.3 is 5.32 Å². The van der Waals surface area contributed by atoms with E-state index >= 15 is 0 Å². The van der Waals surface area contributed by atoms with Crippen LogP contribution in [0.25, 0.3) is 0 Å². The summed E-state index contributed by atoms with van der Waals surface area (Å²) >= 11 is 1.70. The molecular weight excluding hydrogens is 257 g/mol. The molecule has 0 spiro atoms. The first-order valence-electron chi connectivity index (χ1n) is 6.77. The molecule has 1 aromatic carbocycles. The summed E-state index contributed by atoms with van der Waals surface area (Å²) in [5, 5.41) is 7.63. The van der Waals surface area contributed by atoms with Gasteiger partial charge in [0.05, 0.1) is 0 Å². The second kappa shape index (κ2) is 7.41. The quantitative estimate of drug-likeness (QED) is 0.747. The summed E-state index contributed by atoms with van der Waals surface area (Å²) in [4.78, 5) is 0. The average Bonchev–Trinajstić information content (AvgIpc) is 2.91. The van der Waals surface area contributed by atoms with Crippen LogP contribution in [-0.4, -0.2) is 13.1 Å². The highest BCUT2D eigenvalue weighted by Crippen LogP contribution is 2.24. The molecule has 1 aromatic heterocycles. The predicted octanol–water partition coefficient (Wildman–Crippen LogP) is 4.21. The Hall–Kier alpha value is -1.19. The monoisotopic (exact) mass is 277 g/mol. The summed E-state index contributed by atoms with van der Waals surface area (Å²) in [5.74, 6) is 0.100. The van der Waals surface area contributed by atoms with Crippen molar-refractivity contribution in [2.24, 2.45) is 0 Å². The lowest BCUT2D eigenvalue weighted by Gasteiger charge is -2.18. The van der Waals surface area contributed by atoms with Crippen molar-refractivity contribution >= 4 is 11.3 Å². The number of benzene rings is 1. The van der Waals surface area contributed by atoms with Crippen molar-refractivity contribution in [3.05, 3.63) is 58.0 Å². The van der Waals surface area contributed by atoms with E-state index in [2.05, 4.69) is 29.1 Å². The normalized spacial score (nSPS) is 12.5. The summed E-state index contributed by atoms with van der Waals surface area (Å²) in [6.45, 7) is 3.95. The number of hydrogen-bond donors (Lipinski definition) is 1. The average molecular weight is 277 g/mol. The largest absolute Gasteiger partial charge is 0.316 e. The molecular formula is C16H20FNS. The highest BCUT2D eigenvalue weighted by atomic mass is 32.1. The zero-order valence-corrected chi connectivity index (χ0v) is 12.0. The summed E-state index contributed by atoms with van der Waals surface area (Å²) < 4.78 is 14.0. The van der Waals surface area contributed by atoms with Crippen molar-refractivity contribution in [2.75, 3.05) is 13.1 Å². The lowest BCUT2D eigenvalue weighted by atomic mass is 9.92. The molecule has 3 heteroatoms. The first-order chi connectivity index (χ1) is 9.31. The third-order valence-electron chi connectivity index (χ3n) is 3.22. The smallest absolute Gasteiger partial charge is 0.126 e. The molecule has 0 fully saturated rings. The van der Waals surface area contributed by atoms with Gasteiger partial charge in [0.15, 0.2) is 0 Å². The Kier molecular flexibility index (Phi) is 5.55. The van der Waals surface area contributed by atoms with E-state index in [0.717, 1.165) is 31.5 Å². The molecule has 1 N–H and O–H groups in total. The topological polar surface area (TPSA) is 12.0 Å². The summed E-state index contributed by atoms with van der Waals surface area (Å²) in [6.07, 6.45) is 1.99. The van der Waals surface area contributed by atoms with Crippen LogP contribution in [0.15, 0.2) is 41.1 Å². The van der Waals surface area contributed by atoms with Crippen molar-refractivity contribution < 1.29 is 4.39 Å². The summed E-state index contributed by atoms with van der Waals surface area (Å²) in [5.41, 5.74) is 2.11. The van der Waals surface area contributed by atoms with E-state index in [4.69, 9.17) is 0 Å². The Morgan fingerprint density at radius 2 is 2.11 bits per heavy atom. The second-order valence-electron chi connectivity index (χ2n) is 4.76. The molecule has 2 rings (SSSR count). The molecule has 2 aromatic rings. The predicted molar refractivity (Wildman–Crippen MR) is 80.3 cm³/mol. The van der Waals surface area contributed by atoms with Crippen LogP contribution in [0.4, 0.5) is 4.39 Å². The van der Waals surface area contributed by atoms with Crippen LogP contribution in [0.5, 0.6) is 0 Å². The van der Waals surface area contributed by atoms with Gasteiger partial charge >= 0.3 is 0 Å². The Labute approximate surface area is 118 Å². The van der Waals surface area contributed by atoms with Gasteiger partial charge in [0.25, 0.3) is 0 Å². The van der Waals surface area contributed by atoms with Crippen molar-refractivity contribution in [3.8, 4) is 0 Å². The third-order valence-corrected chi connectivity index (χ3v) is 3.96. The summed E-state index contributed by atoms with van der Waals surface area (Å²) in [7, 11) is 0. The van der Waals surface area contributed by atoms with E-state index < -0.39 is 0 Å². The SMILES string of the molecule is CCCNCC(Cc1ccsc1)c1ccccc1F. The van der Waals surface area contributed by atoms with Crippen molar-refractivity contribution in [2.45, 2.75) is 25.7 Å². The van der Waals surface area contributed by atoms with E-state index in [1.165, 1.54) is 5.56 Å². The van der Waals surface area contributed by atoms with Gasteiger partial charge in [-0.1, -0.05) is 25.1 Å². The molecule has 1 unspecified atom stereocenters. The zero-order valence-electron chi connectivity index (χ0n) is 11.2. The van der Waals surface area contributed by atoms with Crippen LogP contribution in [0.2, 0.25) is 0 Å². The fraction of sp³-hybridized carbons (Fsp3) is 0.375. The molecule has 102 valence electrons. The second-order valence-corrected chi connectivity index (χ2v) is 5.54. The maximum Gasteiger partial charge on any atom is 0.126 e. The molecule has 0 radical (unpaired) electrons. The number of halogens is 1. The molecule has 0 saturated carbocycles. The molecule has 19 heavy (non-hydrogen) atoms. The fourth-order valence-corrected chi connectivity index (χ4v) is 2.93. The zero-order chi connectivity index (χ0) is 13.5. The minimum Gasteiger partial charge on any atom is -0.316 e. The van der Waals surface area contributed by atoms with E-state index in [1.54, 1.807) is 23.5 Å². The minimum absolute atomic E-state index is 0.0963. The van der Waals surface area contributed by atoms with Gasteiger partial charge in [-0.15, -0.1) is 0 Å². The van der Waals surface area contributed by atoms with E-state index in [1.807, 2.05) is 12.1 Å². The Balaban J connectivity index is 2.11. The van der Waals surface area contributed by atoms with Gasteiger partial charge in [0.1, 0.15) is 5.82 Å². The van der Waals surface area contributed by atoms with Crippen LogP contribution in [0, 0.1) is 5.82 Å². The number of nitrogens with one attached hydrogen (secondary N) is 1. The molecule has 0 bridgehead atoms. The fourth-order valence-electron chi connectivity index (χ4n) is 2.24. The highest BCUT2D eigenvalue weighted by molar-refractivity contribution is 7.07. The highest BCUT2D eigenvalue weighted by Gasteiger charge is 2.15. The molecule has 0 aliphatic carbocycles. The van der Waals surface area contributed by atoms with Gasteiger partial charge in [-0.2, -0.15) is 11.3 Å². The summed E-state index contributed by atoms with van der Waals surface area (Å²) in [6, 6.07) is 9.24. The Bertz CT molecular complexity index is 481. The standard InChI is InChI=1S/C16H20FNS/c1-2-8-18-11-14(10-13-7-9-19-12-13)15-5-3-4-6-16(15)17/h3-7,9,12,14,18H,2,8,10-11H2,1H3. The van der Waals surface area contributed by atoms with Crippen molar-refractivity contribution in [1.82, 2.24) is 5.32 Å². The first-order valence-corrected chi connectivity index (χ1v) is 7.71. The van der Waals surface area contributed by atoms with Crippen LogP contribution < -0.4 is 5.32 Å². The molecule has 0 amide bonds. The van der Waals surface area contributed by atoms with E-state index in [0.29, 0.717) is 0 Å². The van der Waals surface area contributed by atoms with E-state index in [-0.39, 0.29) is 11.7 Å². The number of rotatable bonds is 7. The van der Waals surface area contributed by atoms with Gasteiger partial charge in [-0.3, -0.25) is 0 Å². The molecule has 0 aliphatic rings. The van der Waals surface area contributed by atoms with Gasteiger partial charge in [-0.05, 0) is 53.4 Å². The van der Waals surface area contributed by atoms with Crippen molar-refractivity contribution in [3.63, 3.8) is 0 Å². The lowest BCUT2D eigenvalue weighted by molar-refractivity contribution is 0.537. The number of hydrogen-bond acceptors (Lipinski definition) is 2. The first kappa shape index (κ1) is 14.2. The van der Waals surface area contributed by atoms with Gasteiger partial charge in [0.2, 0.25) is 0 Å². The van der Waals surface area contributed by atoms with Crippen LogP contribution in [0.1, 0.15) is 30.4 Å². The molecule has 1 atom stereocenters. The van der Waals surface area contributed by atoms with Crippen LogP contribution >= 0.6 is 11.3 Å². The minimum atomic E-state index is -0.0963. The maximum atomic E-state index is 14.0. The maximum absolute atomic E-state index is 14.0. The van der Waals surface area contributed by atoms with Crippen LogP contribution in [-0.2, 0) is 6.42 Å². The number of thiophene rings is 1. The molecule has 0 aliphatic heterocycles. The van der Waals surface area contributed by atoms with Crippen molar-refractivity contribution in [1.29, 1.82) is 0 Å². The van der Waals surface area contributed by atoms with Gasteiger partial charge in [0, 0.05) is 12.5 Å². The molecule has 1 heterocycles. The molecule has 0 saturated heterocycles.